The molecule has 0 aromatic heterocycles. The molecule has 2 atom stereocenters. The van der Waals surface area contributed by atoms with Crippen LogP contribution in [-0.2, 0) is 0 Å². The molecule has 0 bridgehead atoms. The maximum atomic E-state index is 13.3. The molecule has 8 heteroatoms. The van der Waals surface area contributed by atoms with Crippen LogP contribution < -0.4 is 10.6 Å². The summed E-state index contributed by atoms with van der Waals surface area (Å²) in [6.45, 7) is 1.01. The summed E-state index contributed by atoms with van der Waals surface area (Å²) in [4.78, 5) is 11.6. The number of β-amino-alcohol motifs (C(OH)–C–C–N with tert-alkyl or cyclic N) is 1. The first kappa shape index (κ1) is 16.7. The first-order valence-electron chi connectivity index (χ1n) is 5.80. The van der Waals surface area contributed by atoms with Gasteiger partial charge in [-0.05, 0) is 0 Å². The number of hydrogen-bond donors (Lipinski definition) is 3. The summed E-state index contributed by atoms with van der Waals surface area (Å²) in [6.07, 6.45) is -0.608. The summed E-state index contributed by atoms with van der Waals surface area (Å²) >= 11 is 0. The lowest BCUT2D eigenvalue weighted by molar-refractivity contribution is 0.0918. The number of benzene rings is 1. The van der Waals surface area contributed by atoms with Crippen molar-refractivity contribution in [3.63, 3.8) is 0 Å². The molecule has 1 aromatic carbocycles. The normalized spacial score (nSPS) is 21.4. The number of rotatable bonds is 3. The third-order valence-electron chi connectivity index (χ3n) is 3.06. The second kappa shape index (κ2) is 6.92. The predicted molar refractivity (Wildman–Crippen MR) is 68.3 cm³/mol. The highest BCUT2D eigenvalue weighted by Crippen LogP contribution is 2.15. The Morgan fingerprint density at radius 2 is 1.90 bits per heavy atom. The van der Waals surface area contributed by atoms with Gasteiger partial charge in [-0.2, -0.15) is 0 Å². The quantitative estimate of drug-likeness (QED) is 0.775. The number of carbonyl (C=O) groups is 1. The largest absolute Gasteiger partial charge is 0.391 e. The molecule has 1 heterocycles. The van der Waals surface area contributed by atoms with Gasteiger partial charge in [0.2, 0.25) is 0 Å². The minimum absolute atomic E-state index is 0. The van der Waals surface area contributed by atoms with Gasteiger partial charge in [0.15, 0.2) is 0 Å². The van der Waals surface area contributed by atoms with E-state index in [9.17, 15) is 23.1 Å². The number of carbonyl (C=O) groups excluding carboxylic acids is 1. The van der Waals surface area contributed by atoms with Gasteiger partial charge in [0.25, 0.3) is 5.91 Å². The summed E-state index contributed by atoms with van der Waals surface area (Å²) in [6, 6.07) is 0.897. The number of aliphatic hydroxyl groups is 1. The molecular formula is C12H14ClF3N2O2. The SMILES string of the molecule is Cl.O=C(NCC1CNCC1O)c1c(F)cc(F)cc1F. The van der Waals surface area contributed by atoms with Gasteiger partial charge in [0.05, 0.1) is 6.10 Å². The van der Waals surface area contributed by atoms with Crippen LogP contribution in [0.15, 0.2) is 12.1 Å². The van der Waals surface area contributed by atoms with Gasteiger partial charge < -0.3 is 15.7 Å². The third-order valence-corrected chi connectivity index (χ3v) is 3.06. The topological polar surface area (TPSA) is 61.4 Å². The van der Waals surface area contributed by atoms with E-state index in [2.05, 4.69) is 10.6 Å². The molecule has 20 heavy (non-hydrogen) atoms. The van der Waals surface area contributed by atoms with Crippen LogP contribution in [0.5, 0.6) is 0 Å². The Balaban J connectivity index is 0.00000200. The van der Waals surface area contributed by atoms with Gasteiger partial charge in [0, 0.05) is 37.7 Å². The Morgan fingerprint density at radius 1 is 1.30 bits per heavy atom. The minimum Gasteiger partial charge on any atom is -0.391 e. The lowest BCUT2D eigenvalue weighted by Gasteiger charge is -2.14. The van der Waals surface area contributed by atoms with E-state index in [1.54, 1.807) is 0 Å². The molecule has 4 nitrogen and oxygen atoms in total. The van der Waals surface area contributed by atoms with Gasteiger partial charge in [-0.1, -0.05) is 0 Å². The van der Waals surface area contributed by atoms with E-state index in [0.717, 1.165) is 0 Å². The number of nitrogens with one attached hydrogen (secondary N) is 2. The fourth-order valence-electron chi connectivity index (χ4n) is 2.00. The molecular weight excluding hydrogens is 297 g/mol. The van der Waals surface area contributed by atoms with E-state index in [1.807, 2.05) is 0 Å². The van der Waals surface area contributed by atoms with Crippen LogP contribution in [0, 0.1) is 23.4 Å². The van der Waals surface area contributed by atoms with E-state index in [4.69, 9.17) is 0 Å². The maximum absolute atomic E-state index is 13.3. The molecule has 1 aliphatic rings. The van der Waals surface area contributed by atoms with Crippen LogP contribution in [0.2, 0.25) is 0 Å². The summed E-state index contributed by atoms with van der Waals surface area (Å²) < 4.78 is 39.4. The van der Waals surface area contributed by atoms with E-state index in [1.165, 1.54) is 0 Å². The molecule has 3 N–H and O–H groups in total. The standard InChI is InChI=1S/C12H13F3N2O2.ClH/c13-7-1-8(14)11(9(15)2-7)12(19)17-4-6-3-16-5-10(6)18;/h1-2,6,10,16,18H,3-5H2,(H,17,19);1H. The zero-order chi connectivity index (χ0) is 14.0. The zero-order valence-electron chi connectivity index (χ0n) is 10.3. The van der Waals surface area contributed by atoms with Crippen molar-refractivity contribution in [3.05, 3.63) is 35.1 Å². The second-order valence-corrected chi connectivity index (χ2v) is 4.44. The molecule has 0 spiro atoms. The average molecular weight is 311 g/mol. The first-order chi connectivity index (χ1) is 8.99. The van der Waals surface area contributed by atoms with Crippen LogP contribution in [0.3, 0.4) is 0 Å². The maximum Gasteiger partial charge on any atom is 0.257 e. The number of amides is 1. The molecule has 2 unspecified atom stereocenters. The monoisotopic (exact) mass is 310 g/mol. The molecule has 1 aromatic rings. The Labute approximate surface area is 119 Å². The molecule has 1 aliphatic heterocycles. The average Bonchev–Trinajstić information content (AvgIpc) is 2.70. The molecule has 1 fully saturated rings. The number of hydrogen-bond acceptors (Lipinski definition) is 3. The van der Waals surface area contributed by atoms with Crippen molar-refractivity contribution in [1.82, 2.24) is 10.6 Å². The molecule has 0 aliphatic carbocycles. The zero-order valence-corrected chi connectivity index (χ0v) is 11.1. The smallest absolute Gasteiger partial charge is 0.257 e. The summed E-state index contributed by atoms with van der Waals surface area (Å²) in [5, 5.41) is 14.8. The van der Waals surface area contributed by atoms with Crippen LogP contribution >= 0.6 is 12.4 Å². The van der Waals surface area contributed by atoms with Crippen molar-refractivity contribution in [1.29, 1.82) is 0 Å². The predicted octanol–water partition coefficient (Wildman–Crippen LogP) is 0.836. The minimum atomic E-state index is -1.25. The number of aliphatic hydroxyl groups excluding tert-OH is 1. The highest BCUT2D eigenvalue weighted by Gasteiger charge is 2.26. The van der Waals surface area contributed by atoms with E-state index >= 15 is 0 Å². The summed E-state index contributed by atoms with van der Waals surface area (Å²) in [7, 11) is 0. The van der Waals surface area contributed by atoms with Crippen LogP contribution in [0.4, 0.5) is 13.2 Å². The van der Waals surface area contributed by atoms with Crippen molar-refractivity contribution in [2.75, 3.05) is 19.6 Å². The molecule has 112 valence electrons. The summed E-state index contributed by atoms with van der Waals surface area (Å²) in [5.41, 5.74) is -0.818. The van der Waals surface area contributed by atoms with Crippen molar-refractivity contribution in [2.45, 2.75) is 6.10 Å². The van der Waals surface area contributed by atoms with Crippen molar-refractivity contribution < 1.29 is 23.1 Å². The van der Waals surface area contributed by atoms with Gasteiger partial charge in [0.1, 0.15) is 23.0 Å². The molecule has 2 rings (SSSR count). The van der Waals surface area contributed by atoms with Crippen LogP contribution in [0.1, 0.15) is 10.4 Å². The Hall–Kier alpha value is -1.31. The van der Waals surface area contributed by atoms with Gasteiger partial charge in [-0.3, -0.25) is 4.79 Å². The molecule has 1 amide bonds. The van der Waals surface area contributed by atoms with E-state index < -0.39 is 35.0 Å². The van der Waals surface area contributed by atoms with E-state index in [0.29, 0.717) is 25.2 Å². The Bertz CT molecular complexity index is 479. The van der Waals surface area contributed by atoms with Crippen LogP contribution in [-0.4, -0.2) is 36.8 Å². The fourth-order valence-corrected chi connectivity index (χ4v) is 2.00. The number of halogens is 4. The third kappa shape index (κ3) is 3.62. The van der Waals surface area contributed by atoms with Crippen LogP contribution in [0.25, 0.3) is 0 Å². The first-order valence-corrected chi connectivity index (χ1v) is 5.80. The van der Waals surface area contributed by atoms with Gasteiger partial charge in [-0.15, -0.1) is 12.4 Å². The Kier molecular flexibility index (Phi) is 5.79. The van der Waals surface area contributed by atoms with E-state index in [-0.39, 0.29) is 24.9 Å². The van der Waals surface area contributed by atoms with Gasteiger partial charge in [-0.25, -0.2) is 13.2 Å². The van der Waals surface area contributed by atoms with Crippen molar-refractivity contribution in [3.8, 4) is 0 Å². The van der Waals surface area contributed by atoms with Crippen molar-refractivity contribution in [2.24, 2.45) is 5.92 Å². The Morgan fingerprint density at radius 3 is 2.40 bits per heavy atom. The van der Waals surface area contributed by atoms with Gasteiger partial charge >= 0.3 is 0 Å². The van der Waals surface area contributed by atoms with Crippen molar-refractivity contribution >= 4 is 18.3 Å². The lowest BCUT2D eigenvalue weighted by Crippen LogP contribution is -2.35. The fraction of sp³-hybridized carbons (Fsp3) is 0.417. The highest BCUT2D eigenvalue weighted by molar-refractivity contribution is 5.94. The second-order valence-electron chi connectivity index (χ2n) is 4.44. The lowest BCUT2D eigenvalue weighted by atomic mass is 10.1. The molecule has 0 radical (unpaired) electrons. The highest BCUT2D eigenvalue weighted by atomic mass is 35.5. The molecule has 1 saturated heterocycles. The molecule has 0 saturated carbocycles. The summed E-state index contributed by atoms with van der Waals surface area (Å²) in [5.74, 6) is -4.76.